The number of rotatable bonds is 1. The van der Waals surface area contributed by atoms with Gasteiger partial charge in [-0.3, -0.25) is 4.79 Å². The molecule has 1 aliphatic carbocycles. The van der Waals surface area contributed by atoms with Gasteiger partial charge in [-0.05, 0) is 37.8 Å². The van der Waals surface area contributed by atoms with Crippen molar-refractivity contribution in [2.75, 3.05) is 6.54 Å². The van der Waals surface area contributed by atoms with Gasteiger partial charge in [0.2, 0.25) is 0 Å². The molecule has 0 bridgehead atoms. The molecule has 1 aliphatic heterocycles. The molecule has 84 valence electrons. The first-order valence-electron chi connectivity index (χ1n) is 6.22. The van der Waals surface area contributed by atoms with Crippen molar-refractivity contribution < 1.29 is 4.79 Å². The second-order valence-electron chi connectivity index (χ2n) is 4.87. The average Bonchev–Trinajstić information content (AvgIpc) is 2.83. The van der Waals surface area contributed by atoms with E-state index in [0.29, 0.717) is 11.8 Å². The molecule has 0 saturated carbocycles. The molecule has 0 spiro atoms. The largest absolute Gasteiger partial charge is 0.313 e. The quantitative estimate of drug-likeness (QED) is 0.778. The molecule has 2 aliphatic rings. The lowest BCUT2D eigenvalue weighted by Crippen LogP contribution is -2.38. The molecule has 2 heteroatoms. The molecule has 1 fully saturated rings. The van der Waals surface area contributed by atoms with Crippen molar-refractivity contribution in [3.8, 4) is 0 Å². The van der Waals surface area contributed by atoms with Crippen molar-refractivity contribution in [3.63, 3.8) is 0 Å². The first kappa shape index (κ1) is 10.0. The van der Waals surface area contributed by atoms with E-state index in [9.17, 15) is 4.79 Å². The zero-order valence-electron chi connectivity index (χ0n) is 9.41. The van der Waals surface area contributed by atoms with Crippen LogP contribution in [0.25, 0.3) is 0 Å². The summed E-state index contributed by atoms with van der Waals surface area (Å²) in [5, 5.41) is 3.47. The van der Waals surface area contributed by atoms with Crippen LogP contribution in [0, 0.1) is 5.92 Å². The molecule has 1 heterocycles. The van der Waals surface area contributed by atoms with Gasteiger partial charge in [0.25, 0.3) is 0 Å². The second kappa shape index (κ2) is 4.02. The van der Waals surface area contributed by atoms with E-state index >= 15 is 0 Å². The lowest BCUT2D eigenvalue weighted by Gasteiger charge is -2.27. The summed E-state index contributed by atoms with van der Waals surface area (Å²) in [5.74, 6) is 0.582. The van der Waals surface area contributed by atoms with Crippen LogP contribution in [-0.4, -0.2) is 18.4 Å². The SMILES string of the molecule is O=C1c2ccccc2CC[C@H]1[C@@H]1CCCN1. The summed E-state index contributed by atoms with van der Waals surface area (Å²) in [4.78, 5) is 12.4. The van der Waals surface area contributed by atoms with Gasteiger partial charge in [0.05, 0.1) is 0 Å². The van der Waals surface area contributed by atoms with Crippen molar-refractivity contribution in [2.24, 2.45) is 5.92 Å². The summed E-state index contributed by atoms with van der Waals surface area (Å²) in [7, 11) is 0. The number of nitrogens with one attached hydrogen (secondary N) is 1. The molecule has 0 unspecified atom stereocenters. The molecule has 16 heavy (non-hydrogen) atoms. The Bertz CT molecular complexity index is 407. The van der Waals surface area contributed by atoms with Crippen molar-refractivity contribution in [3.05, 3.63) is 35.4 Å². The summed E-state index contributed by atoms with van der Waals surface area (Å²) in [6.07, 6.45) is 4.47. The van der Waals surface area contributed by atoms with Crippen LogP contribution in [0.3, 0.4) is 0 Å². The van der Waals surface area contributed by atoms with Gasteiger partial charge in [-0.1, -0.05) is 24.3 Å². The fraction of sp³-hybridized carbons (Fsp3) is 0.500. The highest BCUT2D eigenvalue weighted by atomic mass is 16.1. The highest BCUT2D eigenvalue weighted by Gasteiger charge is 2.34. The van der Waals surface area contributed by atoms with Gasteiger partial charge in [-0.15, -0.1) is 0 Å². The van der Waals surface area contributed by atoms with Gasteiger partial charge in [0, 0.05) is 17.5 Å². The minimum Gasteiger partial charge on any atom is -0.313 e. The molecule has 0 amide bonds. The Morgan fingerprint density at radius 3 is 2.88 bits per heavy atom. The van der Waals surface area contributed by atoms with Gasteiger partial charge < -0.3 is 5.32 Å². The van der Waals surface area contributed by atoms with E-state index in [0.717, 1.165) is 24.9 Å². The monoisotopic (exact) mass is 215 g/mol. The zero-order valence-corrected chi connectivity index (χ0v) is 9.41. The molecule has 3 rings (SSSR count). The van der Waals surface area contributed by atoms with E-state index in [4.69, 9.17) is 0 Å². The Hall–Kier alpha value is -1.15. The van der Waals surface area contributed by atoms with Gasteiger partial charge in [-0.25, -0.2) is 0 Å². The van der Waals surface area contributed by atoms with Gasteiger partial charge in [-0.2, -0.15) is 0 Å². The molecular weight excluding hydrogens is 198 g/mol. The van der Waals surface area contributed by atoms with Crippen molar-refractivity contribution in [2.45, 2.75) is 31.7 Å². The van der Waals surface area contributed by atoms with Gasteiger partial charge >= 0.3 is 0 Å². The van der Waals surface area contributed by atoms with E-state index < -0.39 is 0 Å². The molecule has 0 radical (unpaired) electrons. The Balaban J connectivity index is 1.88. The number of fused-ring (bicyclic) bond motifs is 1. The summed E-state index contributed by atoms with van der Waals surface area (Å²) in [6.45, 7) is 1.08. The van der Waals surface area contributed by atoms with E-state index in [1.807, 2.05) is 18.2 Å². The molecule has 1 N–H and O–H groups in total. The van der Waals surface area contributed by atoms with Crippen LogP contribution in [-0.2, 0) is 6.42 Å². The van der Waals surface area contributed by atoms with E-state index in [1.165, 1.54) is 18.4 Å². The number of hydrogen-bond donors (Lipinski definition) is 1. The summed E-state index contributed by atoms with van der Waals surface area (Å²) in [6, 6.07) is 8.51. The Kier molecular flexibility index (Phi) is 2.52. The second-order valence-corrected chi connectivity index (χ2v) is 4.87. The van der Waals surface area contributed by atoms with Crippen LogP contribution in [0.15, 0.2) is 24.3 Å². The van der Waals surface area contributed by atoms with Crippen LogP contribution in [0.1, 0.15) is 35.2 Å². The number of aryl methyl sites for hydroxylation is 1. The van der Waals surface area contributed by atoms with Crippen molar-refractivity contribution in [1.82, 2.24) is 5.32 Å². The van der Waals surface area contributed by atoms with Crippen molar-refractivity contribution in [1.29, 1.82) is 0 Å². The standard InChI is InChI=1S/C14H17NO/c16-14-11-5-2-1-4-10(11)7-8-12(14)13-6-3-9-15-13/h1-2,4-5,12-13,15H,3,6-9H2/t12-,13-/m0/s1. The summed E-state index contributed by atoms with van der Waals surface area (Å²) in [5.41, 5.74) is 2.20. The smallest absolute Gasteiger partial charge is 0.167 e. The number of benzene rings is 1. The fourth-order valence-corrected chi connectivity index (χ4v) is 3.06. The number of Topliss-reactive ketones (excluding diaryl/α,β-unsaturated/α-hetero) is 1. The molecule has 1 aromatic carbocycles. The Morgan fingerprint density at radius 2 is 2.06 bits per heavy atom. The van der Waals surface area contributed by atoms with E-state index in [2.05, 4.69) is 11.4 Å². The number of carbonyl (C=O) groups is 1. The minimum absolute atomic E-state index is 0.220. The average molecular weight is 215 g/mol. The maximum atomic E-state index is 12.4. The van der Waals surface area contributed by atoms with E-state index in [1.54, 1.807) is 0 Å². The fourth-order valence-electron chi connectivity index (χ4n) is 3.06. The first-order chi connectivity index (χ1) is 7.86. The van der Waals surface area contributed by atoms with Crippen LogP contribution >= 0.6 is 0 Å². The Morgan fingerprint density at radius 1 is 1.19 bits per heavy atom. The Labute approximate surface area is 96.1 Å². The molecule has 2 nitrogen and oxygen atoms in total. The third kappa shape index (κ3) is 1.57. The third-order valence-corrected chi connectivity index (χ3v) is 3.93. The lowest BCUT2D eigenvalue weighted by atomic mass is 9.78. The summed E-state index contributed by atoms with van der Waals surface area (Å²) >= 11 is 0. The minimum atomic E-state index is 0.220. The maximum absolute atomic E-state index is 12.4. The number of carbonyl (C=O) groups excluding carboxylic acids is 1. The molecular formula is C14H17NO. The predicted octanol–water partition coefficient (Wildman–Crippen LogP) is 2.18. The molecule has 1 aromatic rings. The highest BCUT2D eigenvalue weighted by Crippen LogP contribution is 2.30. The molecule has 0 aromatic heterocycles. The third-order valence-electron chi connectivity index (χ3n) is 3.93. The predicted molar refractivity (Wildman–Crippen MR) is 63.6 cm³/mol. The highest BCUT2D eigenvalue weighted by molar-refractivity contribution is 6.00. The first-order valence-corrected chi connectivity index (χ1v) is 6.22. The van der Waals surface area contributed by atoms with Crippen LogP contribution in [0.4, 0.5) is 0 Å². The molecule has 2 atom stereocenters. The summed E-state index contributed by atoms with van der Waals surface area (Å²) < 4.78 is 0. The molecule has 1 saturated heterocycles. The topological polar surface area (TPSA) is 29.1 Å². The van der Waals surface area contributed by atoms with Crippen LogP contribution in [0.2, 0.25) is 0 Å². The number of hydrogen-bond acceptors (Lipinski definition) is 2. The van der Waals surface area contributed by atoms with Crippen LogP contribution in [0.5, 0.6) is 0 Å². The van der Waals surface area contributed by atoms with Crippen LogP contribution < -0.4 is 5.32 Å². The lowest BCUT2D eigenvalue weighted by molar-refractivity contribution is 0.0874. The zero-order chi connectivity index (χ0) is 11.0. The maximum Gasteiger partial charge on any atom is 0.167 e. The van der Waals surface area contributed by atoms with Gasteiger partial charge in [0.15, 0.2) is 5.78 Å². The van der Waals surface area contributed by atoms with E-state index in [-0.39, 0.29) is 5.92 Å². The number of ketones is 1. The van der Waals surface area contributed by atoms with Crippen molar-refractivity contribution >= 4 is 5.78 Å². The van der Waals surface area contributed by atoms with Gasteiger partial charge in [0.1, 0.15) is 0 Å². The normalized spacial score (nSPS) is 29.1.